The molecule has 0 aliphatic heterocycles. The second-order valence-corrected chi connectivity index (χ2v) is 13.0. The largest absolute Gasteiger partial charge is 0.352 e. The van der Waals surface area contributed by atoms with Crippen LogP contribution < -0.4 is 9.62 Å². The Kier molecular flexibility index (Phi) is 10.9. The molecule has 0 aromatic heterocycles. The molecule has 0 heterocycles. The number of nitrogens with zero attached hydrogens (tertiary/aromatic N) is 2. The van der Waals surface area contributed by atoms with Gasteiger partial charge in [-0.2, -0.15) is 0 Å². The summed E-state index contributed by atoms with van der Waals surface area (Å²) in [6.45, 7) is 4.84. The molecule has 3 aromatic carbocycles. The van der Waals surface area contributed by atoms with Crippen LogP contribution in [0.1, 0.15) is 30.5 Å². The Balaban J connectivity index is 2.10. The van der Waals surface area contributed by atoms with Crippen LogP contribution in [0.3, 0.4) is 0 Å². The van der Waals surface area contributed by atoms with Crippen LogP contribution in [0.15, 0.2) is 66.7 Å². The van der Waals surface area contributed by atoms with E-state index in [9.17, 15) is 18.0 Å². The molecule has 214 valence electrons. The Bertz CT molecular complexity index is 1470. The van der Waals surface area contributed by atoms with Gasteiger partial charge in [0, 0.05) is 24.0 Å². The van der Waals surface area contributed by atoms with E-state index in [1.807, 2.05) is 44.2 Å². The maximum atomic E-state index is 14.1. The Hall–Kier alpha value is -2.78. The van der Waals surface area contributed by atoms with Crippen molar-refractivity contribution in [1.82, 2.24) is 10.2 Å². The SMILES string of the molecule is Cc1ccc(Cl)cc1N(CC(=O)N(Cc1ccc(Cl)c(Cl)c1)[C@H](Cc1ccccc1)C(=O)NC(C)C)S(C)(=O)=O. The van der Waals surface area contributed by atoms with Crippen molar-refractivity contribution in [3.05, 3.63) is 98.5 Å². The maximum Gasteiger partial charge on any atom is 0.244 e. The highest BCUT2D eigenvalue weighted by molar-refractivity contribution is 7.92. The number of rotatable bonds is 11. The Morgan fingerprint density at radius 3 is 2.17 bits per heavy atom. The van der Waals surface area contributed by atoms with Crippen molar-refractivity contribution >= 4 is 62.3 Å². The van der Waals surface area contributed by atoms with Gasteiger partial charge in [0.1, 0.15) is 12.6 Å². The van der Waals surface area contributed by atoms with Crippen molar-refractivity contribution in [3.63, 3.8) is 0 Å². The summed E-state index contributed by atoms with van der Waals surface area (Å²) in [4.78, 5) is 29.1. The molecule has 0 saturated heterocycles. The van der Waals surface area contributed by atoms with E-state index in [4.69, 9.17) is 34.8 Å². The van der Waals surface area contributed by atoms with Crippen molar-refractivity contribution in [2.45, 2.75) is 45.8 Å². The van der Waals surface area contributed by atoms with Crippen molar-refractivity contribution in [3.8, 4) is 0 Å². The lowest BCUT2D eigenvalue weighted by Gasteiger charge is -2.34. The van der Waals surface area contributed by atoms with Gasteiger partial charge in [0.15, 0.2) is 0 Å². The Morgan fingerprint density at radius 1 is 0.900 bits per heavy atom. The molecule has 1 atom stereocenters. The van der Waals surface area contributed by atoms with Crippen molar-refractivity contribution in [2.24, 2.45) is 0 Å². The predicted octanol–water partition coefficient (Wildman–Crippen LogP) is 5.89. The number of sulfonamides is 1. The molecule has 3 rings (SSSR count). The molecular formula is C29H32Cl3N3O4S. The molecule has 2 amide bonds. The van der Waals surface area contributed by atoms with Gasteiger partial charge in [-0.25, -0.2) is 8.42 Å². The molecule has 0 unspecified atom stereocenters. The number of carbonyl (C=O) groups excluding carboxylic acids is 2. The zero-order valence-electron chi connectivity index (χ0n) is 22.7. The minimum absolute atomic E-state index is 0.00906. The van der Waals surface area contributed by atoms with Gasteiger partial charge >= 0.3 is 0 Å². The average Bonchev–Trinajstić information content (AvgIpc) is 2.87. The molecule has 0 saturated carbocycles. The van der Waals surface area contributed by atoms with Gasteiger partial charge in [0.2, 0.25) is 21.8 Å². The maximum absolute atomic E-state index is 14.1. The fraction of sp³-hybridized carbons (Fsp3) is 0.310. The number of benzene rings is 3. The van der Waals surface area contributed by atoms with Crippen LogP contribution in [-0.2, 0) is 32.6 Å². The third-order valence-corrected chi connectivity index (χ3v) is 8.26. The summed E-state index contributed by atoms with van der Waals surface area (Å²) in [5.41, 5.74) is 2.37. The molecule has 7 nitrogen and oxygen atoms in total. The first-order valence-electron chi connectivity index (χ1n) is 12.6. The highest BCUT2D eigenvalue weighted by Crippen LogP contribution is 2.28. The highest BCUT2D eigenvalue weighted by Gasteiger charge is 2.33. The number of amides is 2. The first kappa shape index (κ1) is 31.7. The third-order valence-electron chi connectivity index (χ3n) is 6.16. The van der Waals surface area contributed by atoms with E-state index in [0.29, 0.717) is 26.2 Å². The zero-order valence-corrected chi connectivity index (χ0v) is 25.8. The number of halogens is 3. The van der Waals surface area contributed by atoms with E-state index in [0.717, 1.165) is 16.1 Å². The lowest BCUT2D eigenvalue weighted by Crippen LogP contribution is -2.54. The van der Waals surface area contributed by atoms with Gasteiger partial charge in [-0.3, -0.25) is 13.9 Å². The molecule has 0 radical (unpaired) electrons. The fourth-order valence-corrected chi connectivity index (χ4v) is 5.60. The Labute approximate surface area is 251 Å². The van der Waals surface area contributed by atoms with Crippen LogP contribution >= 0.6 is 34.8 Å². The van der Waals surface area contributed by atoms with E-state index in [1.165, 1.54) is 11.0 Å². The first-order valence-corrected chi connectivity index (χ1v) is 15.6. The fourth-order valence-electron chi connectivity index (χ4n) is 4.22. The van der Waals surface area contributed by atoms with E-state index < -0.39 is 28.5 Å². The van der Waals surface area contributed by atoms with Crippen LogP contribution in [0, 0.1) is 6.92 Å². The van der Waals surface area contributed by atoms with Gasteiger partial charge in [-0.1, -0.05) is 77.3 Å². The molecule has 0 aliphatic carbocycles. The third kappa shape index (κ3) is 8.61. The summed E-state index contributed by atoms with van der Waals surface area (Å²) in [5, 5.41) is 3.88. The highest BCUT2D eigenvalue weighted by atomic mass is 35.5. The van der Waals surface area contributed by atoms with Gasteiger partial charge in [-0.05, 0) is 61.7 Å². The summed E-state index contributed by atoms with van der Waals surface area (Å²) < 4.78 is 26.9. The van der Waals surface area contributed by atoms with E-state index in [-0.39, 0.29) is 30.6 Å². The summed E-state index contributed by atoms with van der Waals surface area (Å²) in [6, 6.07) is 18.0. The summed E-state index contributed by atoms with van der Waals surface area (Å²) >= 11 is 18.6. The zero-order chi connectivity index (χ0) is 29.6. The van der Waals surface area contributed by atoms with E-state index >= 15 is 0 Å². The minimum Gasteiger partial charge on any atom is -0.352 e. The summed E-state index contributed by atoms with van der Waals surface area (Å²) in [5.74, 6) is -0.937. The second kappa shape index (κ2) is 13.7. The normalized spacial score (nSPS) is 12.2. The monoisotopic (exact) mass is 623 g/mol. The summed E-state index contributed by atoms with van der Waals surface area (Å²) in [7, 11) is -3.91. The van der Waals surface area contributed by atoms with Crippen LogP contribution in [0.2, 0.25) is 15.1 Å². The molecule has 0 spiro atoms. The molecule has 0 aliphatic rings. The molecule has 0 fully saturated rings. The second-order valence-electron chi connectivity index (χ2n) is 9.84. The number of carbonyl (C=O) groups is 2. The first-order chi connectivity index (χ1) is 18.8. The number of nitrogens with one attached hydrogen (secondary N) is 1. The minimum atomic E-state index is -3.91. The van der Waals surface area contributed by atoms with Crippen LogP contribution in [0.25, 0.3) is 0 Å². The van der Waals surface area contributed by atoms with E-state index in [2.05, 4.69) is 5.32 Å². The lowest BCUT2D eigenvalue weighted by atomic mass is 10.0. The molecular weight excluding hydrogens is 593 g/mol. The van der Waals surface area contributed by atoms with E-state index in [1.54, 1.807) is 37.3 Å². The number of anilines is 1. The van der Waals surface area contributed by atoms with Crippen LogP contribution in [-0.4, -0.2) is 50.0 Å². The average molecular weight is 625 g/mol. The van der Waals surface area contributed by atoms with Crippen LogP contribution in [0.4, 0.5) is 5.69 Å². The quantitative estimate of drug-likeness (QED) is 0.289. The topological polar surface area (TPSA) is 86.8 Å². The van der Waals surface area contributed by atoms with Gasteiger partial charge in [0.25, 0.3) is 0 Å². The molecule has 11 heteroatoms. The molecule has 1 N–H and O–H groups in total. The van der Waals surface area contributed by atoms with Gasteiger partial charge in [0.05, 0.1) is 22.0 Å². The smallest absolute Gasteiger partial charge is 0.244 e. The lowest BCUT2D eigenvalue weighted by molar-refractivity contribution is -0.140. The van der Waals surface area contributed by atoms with Crippen LogP contribution in [0.5, 0.6) is 0 Å². The van der Waals surface area contributed by atoms with Gasteiger partial charge in [-0.15, -0.1) is 0 Å². The standard InChI is InChI=1S/C29H32Cl3N3O4S/c1-19(2)33-29(37)27(15-21-8-6-5-7-9-21)34(17-22-11-13-24(31)25(32)14-22)28(36)18-35(40(4,38)39)26-16-23(30)12-10-20(26)3/h5-14,16,19,27H,15,17-18H2,1-4H3,(H,33,37)/t27-/m1/s1. The summed E-state index contributed by atoms with van der Waals surface area (Å²) in [6.07, 6.45) is 1.23. The number of hydrogen-bond donors (Lipinski definition) is 1. The number of aryl methyl sites for hydroxylation is 1. The Morgan fingerprint density at radius 2 is 1.57 bits per heavy atom. The number of hydrogen-bond acceptors (Lipinski definition) is 4. The van der Waals surface area contributed by atoms with Crippen molar-refractivity contribution < 1.29 is 18.0 Å². The molecule has 0 bridgehead atoms. The van der Waals surface area contributed by atoms with Gasteiger partial charge < -0.3 is 10.2 Å². The van der Waals surface area contributed by atoms with Crippen molar-refractivity contribution in [1.29, 1.82) is 0 Å². The molecule has 40 heavy (non-hydrogen) atoms. The van der Waals surface area contributed by atoms with Crippen molar-refractivity contribution in [2.75, 3.05) is 17.1 Å². The molecule has 3 aromatic rings. The predicted molar refractivity (Wildman–Crippen MR) is 163 cm³/mol.